The predicted molar refractivity (Wildman–Crippen MR) is 81.8 cm³/mol. The molecule has 22 heavy (non-hydrogen) atoms. The number of halogens is 1. The van der Waals surface area contributed by atoms with Gasteiger partial charge < -0.3 is 5.32 Å². The van der Waals surface area contributed by atoms with Crippen LogP contribution in [0.2, 0.25) is 0 Å². The van der Waals surface area contributed by atoms with E-state index in [1.54, 1.807) is 32.0 Å². The van der Waals surface area contributed by atoms with Crippen LogP contribution >= 0.6 is 0 Å². The Hall–Kier alpha value is -2.76. The summed E-state index contributed by atoms with van der Waals surface area (Å²) in [5.41, 5.74) is 1.98. The van der Waals surface area contributed by atoms with Gasteiger partial charge in [-0.05, 0) is 31.0 Å². The van der Waals surface area contributed by atoms with Crippen LogP contribution in [0.1, 0.15) is 21.5 Å². The number of benzene rings is 2. The van der Waals surface area contributed by atoms with Crippen LogP contribution in [0.5, 0.6) is 0 Å². The Bertz CT molecular complexity index is 744. The molecule has 5 nitrogen and oxygen atoms in total. The van der Waals surface area contributed by atoms with Crippen molar-refractivity contribution in [1.82, 2.24) is 0 Å². The van der Waals surface area contributed by atoms with Crippen LogP contribution in [-0.2, 0) is 0 Å². The third-order valence-corrected chi connectivity index (χ3v) is 3.37. The monoisotopic (exact) mass is 302 g/mol. The maximum atomic E-state index is 13.5. The molecule has 0 spiro atoms. The van der Waals surface area contributed by atoms with Crippen LogP contribution in [0, 0.1) is 29.8 Å². The highest BCUT2D eigenvalue weighted by Crippen LogP contribution is 2.21. The summed E-state index contributed by atoms with van der Waals surface area (Å²) in [5, 5.41) is 13.6. The number of nitro groups is 1. The second-order valence-electron chi connectivity index (χ2n) is 5.00. The first-order valence-electron chi connectivity index (χ1n) is 6.67. The van der Waals surface area contributed by atoms with Crippen molar-refractivity contribution in [2.75, 3.05) is 11.9 Å². The normalized spacial score (nSPS) is 10.3. The van der Waals surface area contributed by atoms with Gasteiger partial charge in [-0.2, -0.15) is 0 Å². The van der Waals surface area contributed by atoms with E-state index >= 15 is 0 Å². The Morgan fingerprint density at radius 2 is 1.86 bits per heavy atom. The molecule has 0 atom stereocenters. The average molecular weight is 302 g/mol. The standard InChI is InChI=1S/C16H15FN2O3/c1-10-3-5-12(7-14(10)17)16(20)9-18-15-8-13(19(21)22)6-4-11(15)2/h3-8,18H,9H2,1-2H3. The molecule has 2 aromatic rings. The number of hydrogen-bond donors (Lipinski definition) is 1. The van der Waals surface area contributed by atoms with Gasteiger partial charge >= 0.3 is 0 Å². The smallest absolute Gasteiger partial charge is 0.271 e. The fourth-order valence-electron chi connectivity index (χ4n) is 1.96. The highest BCUT2D eigenvalue weighted by atomic mass is 19.1. The quantitative estimate of drug-likeness (QED) is 0.520. The number of carbonyl (C=O) groups is 1. The number of carbonyl (C=O) groups excluding carboxylic acids is 1. The first-order chi connectivity index (χ1) is 10.4. The molecule has 0 radical (unpaired) electrons. The number of non-ortho nitro benzene ring substituents is 1. The summed E-state index contributed by atoms with van der Waals surface area (Å²) in [6.45, 7) is 3.33. The number of ketones is 1. The maximum Gasteiger partial charge on any atom is 0.271 e. The van der Waals surface area contributed by atoms with Crippen molar-refractivity contribution >= 4 is 17.2 Å². The molecule has 0 aromatic heterocycles. The number of Topliss-reactive ketones (excluding diaryl/α,β-unsaturated/α-hetero) is 1. The van der Waals surface area contributed by atoms with Crippen LogP contribution in [0.25, 0.3) is 0 Å². The number of aryl methyl sites for hydroxylation is 2. The van der Waals surface area contributed by atoms with Gasteiger partial charge in [-0.15, -0.1) is 0 Å². The van der Waals surface area contributed by atoms with E-state index in [0.29, 0.717) is 11.3 Å². The molecule has 0 saturated carbocycles. The molecular formula is C16H15FN2O3. The lowest BCUT2D eigenvalue weighted by atomic mass is 10.1. The second kappa shape index (κ2) is 6.34. The Morgan fingerprint density at radius 3 is 2.50 bits per heavy atom. The summed E-state index contributed by atoms with van der Waals surface area (Å²) >= 11 is 0. The molecule has 0 fully saturated rings. The Morgan fingerprint density at radius 1 is 1.18 bits per heavy atom. The highest BCUT2D eigenvalue weighted by Gasteiger charge is 2.11. The van der Waals surface area contributed by atoms with E-state index < -0.39 is 10.7 Å². The van der Waals surface area contributed by atoms with E-state index in [1.165, 1.54) is 18.2 Å². The third kappa shape index (κ3) is 3.46. The topological polar surface area (TPSA) is 72.2 Å². The zero-order valence-corrected chi connectivity index (χ0v) is 12.2. The molecule has 0 aliphatic rings. The summed E-state index contributed by atoms with van der Waals surface area (Å²) in [7, 11) is 0. The number of nitro benzene ring substituents is 1. The van der Waals surface area contributed by atoms with Gasteiger partial charge in [-0.1, -0.05) is 18.2 Å². The lowest BCUT2D eigenvalue weighted by Crippen LogP contribution is -2.15. The van der Waals surface area contributed by atoms with E-state index in [2.05, 4.69) is 5.32 Å². The average Bonchev–Trinajstić information content (AvgIpc) is 2.48. The van der Waals surface area contributed by atoms with Gasteiger partial charge in [0, 0.05) is 23.4 Å². The minimum Gasteiger partial charge on any atom is -0.377 e. The number of nitrogens with zero attached hydrogens (tertiary/aromatic N) is 1. The molecule has 0 heterocycles. The molecule has 0 aliphatic heterocycles. The van der Waals surface area contributed by atoms with E-state index in [-0.39, 0.29) is 23.6 Å². The number of nitrogens with one attached hydrogen (secondary N) is 1. The Kier molecular flexibility index (Phi) is 4.50. The molecule has 2 rings (SSSR count). The molecule has 6 heteroatoms. The van der Waals surface area contributed by atoms with E-state index in [4.69, 9.17) is 0 Å². The van der Waals surface area contributed by atoms with Crippen molar-refractivity contribution in [3.63, 3.8) is 0 Å². The third-order valence-electron chi connectivity index (χ3n) is 3.37. The molecule has 0 aliphatic carbocycles. The minimum atomic E-state index is -0.498. The van der Waals surface area contributed by atoms with Crippen molar-refractivity contribution in [2.24, 2.45) is 0 Å². The maximum absolute atomic E-state index is 13.5. The largest absolute Gasteiger partial charge is 0.377 e. The Labute approximate surface area is 126 Å². The summed E-state index contributed by atoms with van der Waals surface area (Å²) in [6.07, 6.45) is 0. The van der Waals surface area contributed by atoms with Crippen molar-refractivity contribution in [3.05, 3.63) is 69.0 Å². The summed E-state index contributed by atoms with van der Waals surface area (Å²) in [6, 6.07) is 8.68. The fourth-order valence-corrected chi connectivity index (χ4v) is 1.96. The number of rotatable bonds is 5. The zero-order chi connectivity index (χ0) is 16.3. The molecule has 1 N–H and O–H groups in total. The highest BCUT2D eigenvalue weighted by molar-refractivity contribution is 5.99. The van der Waals surface area contributed by atoms with Crippen molar-refractivity contribution in [1.29, 1.82) is 0 Å². The molecule has 0 amide bonds. The van der Waals surface area contributed by atoms with Crippen molar-refractivity contribution < 1.29 is 14.1 Å². The van der Waals surface area contributed by atoms with Crippen LogP contribution < -0.4 is 5.32 Å². The first kappa shape index (κ1) is 15.6. The summed E-state index contributed by atoms with van der Waals surface area (Å²) in [5.74, 6) is -0.720. The lowest BCUT2D eigenvalue weighted by molar-refractivity contribution is -0.384. The van der Waals surface area contributed by atoms with Gasteiger partial charge in [0.15, 0.2) is 5.78 Å². The van der Waals surface area contributed by atoms with Crippen LogP contribution in [0.3, 0.4) is 0 Å². The lowest BCUT2D eigenvalue weighted by Gasteiger charge is -2.09. The van der Waals surface area contributed by atoms with Crippen LogP contribution in [-0.4, -0.2) is 17.3 Å². The summed E-state index contributed by atoms with van der Waals surface area (Å²) in [4.78, 5) is 22.3. The van der Waals surface area contributed by atoms with Gasteiger partial charge in [0.1, 0.15) is 5.82 Å². The van der Waals surface area contributed by atoms with Gasteiger partial charge in [0.25, 0.3) is 5.69 Å². The van der Waals surface area contributed by atoms with Crippen molar-refractivity contribution in [2.45, 2.75) is 13.8 Å². The molecule has 0 saturated heterocycles. The second-order valence-corrected chi connectivity index (χ2v) is 5.00. The van der Waals surface area contributed by atoms with Crippen LogP contribution in [0.4, 0.5) is 15.8 Å². The van der Waals surface area contributed by atoms with E-state index in [1.807, 2.05) is 0 Å². The predicted octanol–water partition coefficient (Wildman–Crippen LogP) is 3.65. The molecule has 0 unspecified atom stereocenters. The molecule has 114 valence electrons. The van der Waals surface area contributed by atoms with Crippen LogP contribution in [0.15, 0.2) is 36.4 Å². The molecule has 2 aromatic carbocycles. The van der Waals surface area contributed by atoms with Gasteiger partial charge in [0.2, 0.25) is 0 Å². The minimum absolute atomic E-state index is 0.0538. The van der Waals surface area contributed by atoms with Crippen molar-refractivity contribution in [3.8, 4) is 0 Å². The zero-order valence-electron chi connectivity index (χ0n) is 12.2. The van der Waals surface area contributed by atoms with Gasteiger partial charge in [-0.25, -0.2) is 4.39 Å². The SMILES string of the molecule is Cc1ccc(C(=O)CNc2cc([N+](=O)[O-])ccc2C)cc1F. The molecular weight excluding hydrogens is 287 g/mol. The van der Waals surface area contributed by atoms with Gasteiger partial charge in [0.05, 0.1) is 11.5 Å². The van der Waals surface area contributed by atoms with E-state index in [0.717, 1.165) is 5.56 Å². The first-order valence-corrected chi connectivity index (χ1v) is 6.67. The fraction of sp³-hybridized carbons (Fsp3) is 0.188. The summed E-state index contributed by atoms with van der Waals surface area (Å²) < 4.78 is 13.5. The molecule has 0 bridgehead atoms. The van der Waals surface area contributed by atoms with E-state index in [9.17, 15) is 19.3 Å². The van der Waals surface area contributed by atoms with Gasteiger partial charge in [-0.3, -0.25) is 14.9 Å². The number of anilines is 1. The number of hydrogen-bond acceptors (Lipinski definition) is 4. The Balaban J connectivity index is 2.12.